The Morgan fingerprint density at radius 2 is 2.15 bits per heavy atom. The molecule has 0 spiro atoms. The normalized spacial score (nSPS) is 10.1. The van der Waals surface area contributed by atoms with Crippen molar-refractivity contribution in [3.05, 3.63) is 33.5 Å². The first kappa shape index (κ1) is 9.32. The Balaban J connectivity index is 3.44. The summed E-state index contributed by atoms with van der Waals surface area (Å²) >= 11 is 0. The fourth-order valence-corrected chi connectivity index (χ4v) is 0.774. The van der Waals surface area contributed by atoms with E-state index < -0.39 is 23.4 Å². The van der Waals surface area contributed by atoms with E-state index in [9.17, 15) is 18.0 Å². The van der Waals surface area contributed by atoms with E-state index in [1.807, 2.05) is 4.98 Å². The lowest BCUT2D eigenvalue weighted by atomic mass is 10.3. The van der Waals surface area contributed by atoms with Gasteiger partial charge in [-0.2, -0.15) is 5.26 Å². The van der Waals surface area contributed by atoms with Gasteiger partial charge in [-0.05, 0) is 0 Å². The molecule has 1 aromatic rings. The smallest absolute Gasteiger partial charge is 0.281 e. The molecule has 1 rings (SSSR count). The number of aromatic nitrogens is 1. The van der Waals surface area contributed by atoms with Gasteiger partial charge in [0.2, 0.25) is 5.43 Å². The zero-order valence-electron chi connectivity index (χ0n) is 6.14. The van der Waals surface area contributed by atoms with E-state index in [0.717, 1.165) is 0 Å². The summed E-state index contributed by atoms with van der Waals surface area (Å²) in [5, 5.41) is 8.27. The van der Waals surface area contributed by atoms with Crippen molar-refractivity contribution in [3.63, 3.8) is 0 Å². The maximum atomic E-state index is 12.6. The first-order chi connectivity index (χ1) is 6.06. The van der Waals surface area contributed by atoms with Crippen LogP contribution in [-0.2, 0) is 0 Å². The molecular formula is C7H3F3N2O. The molecule has 6 heteroatoms. The van der Waals surface area contributed by atoms with Gasteiger partial charge in [0.15, 0.2) is 5.82 Å². The monoisotopic (exact) mass is 188 g/mol. The van der Waals surface area contributed by atoms with E-state index in [1.165, 1.54) is 6.07 Å². The molecule has 0 saturated carbocycles. The molecule has 0 aliphatic carbocycles. The summed E-state index contributed by atoms with van der Waals surface area (Å²) in [6.07, 6.45) is -3.14. The SMILES string of the molecule is N#Cc1cc(=O)c(F)c(C(F)F)[nH]1. The molecular weight excluding hydrogens is 185 g/mol. The number of nitrogens with zero attached hydrogens (tertiary/aromatic N) is 1. The Morgan fingerprint density at radius 3 is 2.62 bits per heavy atom. The molecule has 0 bridgehead atoms. The number of nitrogens with one attached hydrogen (secondary N) is 1. The summed E-state index contributed by atoms with van der Waals surface area (Å²) < 4.78 is 36.6. The molecule has 0 aromatic carbocycles. The van der Waals surface area contributed by atoms with Crippen molar-refractivity contribution < 1.29 is 13.2 Å². The maximum Gasteiger partial charge on any atom is 0.281 e. The molecule has 0 atom stereocenters. The van der Waals surface area contributed by atoms with Gasteiger partial charge >= 0.3 is 0 Å². The highest BCUT2D eigenvalue weighted by Gasteiger charge is 2.17. The molecule has 0 fully saturated rings. The van der Waals surface area contributed by atoms with Gasteiger partial charge in [0.05, 0.1) is 0 Å². The highest BCUT2D eigenvalue weighted by Crippen LogP contribution is 2.17. The number of nitriles is 1. The Hall–Kier alpha value is -1.77. The number of halogens is 3. The first-order valence-corrected chi connectivity index (χ1v) is 3.17. The quantitative estimate of drug-likeness (QED) is 0.722. The highest BCUT2D eigenvalue weighted by molar-refractivity contribution is 5.23. The van der Waals surface area contributed by atoms with E-state index in [0.29, 0.717) is 6.07 Å². The predicted octanol–water partition coefficient (Wildman–Crippen LogP) is 1.32. The van der Waals surface area contributed by atoms with E-state index in [2.05, 4.69) is 0 Å². The van der Waals surface area contributed by atoms with Crippen molar-refractivity contribution in [3.8, 4) is 6.07 Å². The van der Waals surface area contributed by atoms with Crippen LogP contribution in [0.1, 0.15) is 17.8 Å². The number of aromatic amines is 1. The Labute approximate surface area is 70.4 Å². The third-order valence-electron chi connectivity index (χ3n) is 1.34. The minimum absolute atomic E-state index is 0.387. The summed E-state index contributed by atoms with van der Waals surface area (Å²) in [4.78, 5) is 12.5. The second kappa shape index (κ2) is 3.31. The Bertz CT molecular complexity index is 419. The Morgan fingerprint density at radius 1 is 1.54 bits per heavy atom. The van der Waals surface area contributed by atoms with Gasteiger partial charge in [-0.25, -0.2) is 13.2 Å². The van der Waals surface area contributed by atoms with Crippen molar-refractivity contribution in [1.82, 2.24) is 4.98 Å². The number of alkyl halides is 2. The van der Waals surface area contributed by atoms with Gasteiger partial charge in [0, 0.05) is 6.07 Å². The van der Waals surface area contributed by atoms with Crippen LogP contribution in [0.3, 0.4) is 0 Å². The van der Waals surface area contributed by atoms with Gasteiger partial charge in [0.1, 0.15) is 17.5 Å². The van der Waals surface area contributed by atoms with E-state index >= 15 is 0 Å². The molecule has 1 N–H and O–H groups in total. The topological polar surface area (TPSA) is 56.6 Å². The van der Waals surface area contributed by atoms with E-state index in [4.69, 9.17) is 5.26 Å². The van der Waals surface area contributed by atoms with Crippen LogP contribution >= 0.6 is 0 Å². The molecule has 0 amide bonds. The van der Waals surface area contributed by atoms with E-state index in [1.54, 1.807) is 0 Å². The average molecular weight is 188 g/mol. The lowest BCUT2D eigenvalue weighted by Gasteiger charge is -2.00. The van der Waals surface area contributed by atoms with Crippen LogP contribution in [0.2, 0.25) is 0 Å². The van der Waals surface area contributed by atoms with E-state index in [-0.39, 0.29) is 5.69 Å². The summed E-state index contributed by atoms with van der Waals surface area (Å²) in [6, 6.07) is 2.06. The van der Waals surface area contributed by atoms with Crippen LogP contribution in [0, 0.1) is 17.1 Å². The summed E-state index contributed by atoms with van der Waals surface area (Å²) in [5.74, 6) is -1.55. The molecule has 1 aromatic heterocycles. The summed E-state index contributed by atoms with van der Waals surface area (Å²) in [7, 11) is 0. The largest absolute Gasteiger partial charge is 0.343 e. The molecule has 0 radical (unpaired) electrons. The number of hydrogen-bond donors (Lipinski definition) is 1. The van der Waals surface area contributed by atoms with Crippen molar-refractivity contribution in [2.24, 2.45) is 0 Å². The summed E-state index contributed by atoms with van der Waals surface area (Å²) in [5.41, 5.74) is -2.75. The van der Waals surface area contributed by atoms with Gasteiger partial charge in [-0.3, -0.25) is 4.79 Å². The second-order valence-corrected chi connectivity index (χ2v) is 2.19. The number of pyridine rings is 1. The third kappa shape index (κ3) is 1.69. The molecule has 0 saturated heterocycles. The molecule has 68 valence electrons. The van der Waals surface area contributed by atoms with Crippen LogP contribution in [0.5, 0.6) is 0 Å². The van der Waals surface area contributed by atoms with Gasteiger partial charge in [-0.15, -0.1) is 0 Å². The molecule has 0 aliphatic rings. The molecule has 13 heavy (non-hydrogen) atoms. The third-order valence-corrected chi connectivity index (χ3v) is 1.34. The van der Waals surface area contributed by atoms with Gasteiger partial charge in [0.25, 0.3) is 6.43 Å². The lowest BCUT2D eigenvalue weighted by Crippen LogP contribution is -2.12. The number of H-pyrrole nitrogens is 1. The molecule has 1 heterocycles. The van der Waals surface area contributed by atoms with Crippen LogP contribution in [0.4, 0.5) is 13.2 Å². The zero-order valence-corrected chi connectivity index (χ0v) is 6.14. The minimum Gasteiger partial charge on any atom is -0.343 e. The van der Waals surface area contributed by atoms with Crippen LogP contribution in [-0.4, -0.2) is 4.98 Å². The van der Waals surface area contributed by atoms with Crippen molar-refractivity contribution in [1.29, 1.82) is 5.26 Å². The van der Waals surface area contributed by atoms with Crippen molar-refractivity contribution in [2.75, 3.05) is 0 Å². The van der Waals surface area contributed by atoms with Crippen LogP contribution < -0.4 is 5.43 Å². The van der Waals surface area contributed by atoms with Crippen LogP contribution in [0.25, 0.3) is 0 Å². The van der Waals surface area contributed by atoms with Crippen molar-refractivity contribution >= 4 is 0 Å². The van der Waals surface area contributed by atoms with Gasteiger partial charge in [-0.1, -0.05) is 0 Å². The molecule has 3 nitrogen and oxygen atoms in total. The number of hydrogen-bond acceptors (Lipinski definition) is 2. The fraction of sp³-hybridized carbons (Fsp3) is 0.143. The predicted molar refractivity (Wildman–Crippen MR) is 36.7 cm³/mol. The Kier molecular flexibility index (Phi) is 2.37. The molecule has 0 unspecified atom stereocenters. The maximum absolute atomic E-state index is 12.6. The highest BCUT2D eigenvalue weighted by atomic mass is 19.3. The lowest BCUT2D eigenvalue weighted by molar-refractivity contribution is 0.140. The number of rotatable bonds is 1. The average Bonchev–Trinajstić information content (AvgIpc) is 2.09. The standard InChI is InChI=1S/C7H3F3N2O/c8-5-4(13)1-3(2-11)12-6(5)7(9)10/h1,7H,(H,12,13). The molecule has 0 aliphatic heterocycles. The minimum atomic E-state index is -3.14. The summed E-state index contributed by atoms with van der Waals surface area (Å²) in [6.45, 7) is 0. The first-order valence-electron chi connectivity index (χ1n) is 3.17. The van der Waals surface area contributed by atoms with Crippen LogP contribution in [0.15, 0.2) is 10.9 Å². The zero-order chi connectivity index (χ0) is 10.0. The second-order valence-electron chi connectivity index (χ2n) is 2.19. The van der Waals surface area contributed by atoms with Gasteiger partial charge < -0.3 is 4.98 Å². The van der Waals surface area contributed by atoms with Crippen molar-refractivity contribution in [2.45, 2.75) is 6.43 Å². The fourth-order valence-electron chi connectivity index (χ4n) is 0.774.